The van der Waals surface area contributed by atoms with Crippen LogP contribution in [0.4, 0.5) is 0 Å². The van der Waals surface area contributed by atoms with E-state index in [4.69, 9.17) is 0 Å². The van der Waals surface area contributed by atoms with Gasteiger partial charge in [0.05, 0.1) is 11.2 Å². The molecule has 0 spiro atoms. The maximum atomic E-state index is 12.6. The van der Waals surface area contributed by atoms with E-state index >= 15 is 0 Å². The molecule has 106 valence electrons. The van der Waals surface area contributed by atoms with Crippen molar-refractivity contribution in [2.45, 2.75) is 45.6 Å². The summed E-state index contributed by atoms with van der Waals surface area (Å²) in [6, 6.07) is 0.467. The van der Waals surface area contributed by atoms with Crippen LogP contribution in [0.2, 0.25) is 0 Å². The molecule has 0 bridgehead atoms. The summed E-state index contributed by atoms with van der Waals surface area (Å²) in [6.07, 6.45) is 4.58. The van der Waals surface area contributed by atoms with Crippen molar-refractivity contribution in [2.75, 3.05) is 19.6 Å². The highest BCUT2D eigenvalue weighted by Gasteiger charge is 2.24. The first-order valence-electron chi connectivity index (χ1n) is 7.15. The van der Waals surface area contributed by atoms with E-state index in [2.05, 4.69) is 17.2 Å². The van der Waals surface area contributed by atoms with Crippen LogP contribution in [-0.2, 0) is 0 Å². The molecule has 2 heterocycles. The van der Waals surface area contributed by atoms with E-state index < -0.39 is 0 Å². The summed E-state index contributed by atoms with van der Waals surface area (Å²) in [4.78, 5) is 19.6. The van der Waals surface area contributed by atoms with Gasteiger partial charge in [0.2, 0.25) is 0 Å². The summed E-state index contributed by atoms with van der Waals surface area (Å²) >= 11 is 1.45. The number of amides is 1. The zero-order valence-electron chi connectivity index (χ0n) is 11.8. The summed E-state index contributed by atoms with van der Waals surface area (Å²) in [5.74, 6) is 0.155. The van der Waals surface area contributed by atoms with E-state index in [0.717, 1.165) is 43.0 Å². The van der Waals surface area contributed by atoms with Gasteiger partial charge in [-0.05, 0) is 32.7 Å². The lowest BCUT2D eigenvalue weighted by Crippen LogP contribution is -2.41. The largest absolute Gasteiger partial charge is 0.336 e. The molecule has 1 aromatic rings. The number of unbranched alkanes of at least 4 members (excludes halogenated alkanes) is 1. The Hall–Kier alpha value is -0.940. The quantitative estimate of drug-likeness (QED) is 0.871. The Morgan fingerprint density at radius 3 is 3.05 bits per heavy atom. The highest BCUT2D eigenvalue weighted by molar-refractivity contribution is 7.11. The van der Waals surface area contributed by atoms with Gasteiger partial charge in [0.1, 0.15) is 4.88 Å². The smallest absolute Gasteiger partial charge is 0.265 e. The van der Waals surface area contributed by atoms with Crippen LogP contribution in [0.1, 0.15) is 48.0 Å². The van der Waals surface area contributed by atoms with Crippen LogP contribution in [0.3, 0.4) is 0 Å². The third-order valence-electron chi connectivity index (χ3n) is 3.61. The third kappa shape index (κ3) is 3.76. The lowest BCUT2D eigenvalue weighted by atomic mass is 10.2. The van der Waals surface area contributed by atoms with Gasteiger partial charge in [0, 0.05) is 19.1 Å². The van der Waals surface area contributed by atoms with E-state index in [1.165, 1.54) is 24.2 Å². The molecule has 0 saturated carbocycles. The molecule has 0 aliphatic carbocycles. The van der Waals surface area contributed by atoms with E-state index in [1.54, 1.807) is 5.51 Å². The van der Waals surface area contributed by atoms with E-state index in [0.29, 0.717) is 6.04 Å². The molecule has 1 fully saturated rings. The van der Waals surface area contributed by atoms with Gasteiger partial charge in [-0.1, -0.05) is 13.3 Å². The fourth-order valence-corrected chi connectivity index (χ4v) is 3.22. The lowest BCUT2D eigenvalue weighted by molar-refractivity contribution is 0.0743. The number of nitrogens with zero attached hydrogens (tertiary/aromatic N) is 2. The average Bonchev–Trinajstić information content (AvgIpc) is 3.05. The Kier molecular flexibility index (Phi) is 5.34. The second kappa shape index (κ2) is 7.01. The van der Waals surface area contributed by atoms with Crippen LogP contribution in [0.5, 0.6) is 0 Å². The van der Waals surface area contributed by atoms with Gasteiger partial charge < -0.3 is 10.2 Å². The van der Waals surface area contributed by atoms with Crippen molar-refractivity contribution in [3.8, 4) is 0 Å². The molecular formula is C14H23N3OS. The van der Waals surface area contributed by atoms with E-state index in [-0.39, 0.29) is 5.91 Å². The maximum Gasteiger partial charge on any atom is 0.265 e. The van der Waals surface area contributed by atoms with Crippen LogP contribution >= 0.6 is 11.3 Å². The molecular weight excluding hydrogens is 258 g/mol. The number of aryl methyl sites for hydroxylation is 1. The van der Waals surface area contributed by atoms with Crippen LogP contribution in [0.25, 0.3) is 0 Å². The number of aromatic nitrogens is 1. The van der Waals surface area contributed by atoms with Crippen LogP contribution in [0, 0.1) is 6.92 Å². The normalized spacial score (nSPS) is 18.7. The first-order valence-corrected chi connectivity index (χ1v) is 8.03. The molecule has 1 atom stereocenters. The van der Waals surface area contributed by atoms with Crippen molar-refractivity contribution in [3.05, 3.63) is 16.1 Å². The predicted molar refractivity (Wildman–Crippen MR) is 78.7 cm³/mol. The molecule has 1 amide bonds. The van der Waals surface area contributed by atoms with Crippen molar-refractivity contribution in [3.63, 3.8) is 0 Å². The topological polar surface area (TPSA) is 45.2 Å². The van der Waals surface area contributed by atoms with Crippen LogP contribution in [-0.4, -0.2) is 41.5 Å². The molecule has 1 N–H and O–H groups in total. The molecule has 1 aromatic heterocycles. The first-order chi connectivity index (χ1) is 9.22. The number of nitrogens with one attached hydrogen (secondary N) is 1. The Morgan fingerprint density at radius 1 is 1.63 bits per heavy atom. The zero-order valence-corrected chi connectivity index (χ0v) is 12.6. The Balaban J connectivity index is 2.03. The monoisotopic (exact) mass is 281 g/mol. The molecule has 1 aliphatic rings. The SMILES string of the molecule is CCCCN(CC1CCCN1)C(=O)c1scnc1C. The molecule has 1 aliphatic heterocycles. The van der Waals surface area contributed by atoms with E-state index in [1.807, 2.05) is 11.8 Å². The van der Waals surface area contributed by atoms with Gasteiger partial charge in [0.15, 0.2) is 0 Å². The van der Waals surface area contributed by atoms with Gasteiger partial charge in [-0.15, -0.1) is 11.3 Å². The Labute approximate surface area is 119 Å². The molecule has 2 rings (SSSR count). The number of rotatable bonds is 6. The Bertz CT molecular complexity index is 413. The lowest BCUT2D eigenvalue weighted by Gasteiger charge is -2.25. The maximum absolute atomic E-state index is 12.6. The van der Waals surface area contributed by atoms with Crippen molar-refractivity contribution < 1.29 is 4.79 Å². The molecule has 1 unspecified atom stereocenters. The van der Waals surface area contributed by atoms with Gasteiger partial charge in [0.25, 0.3) is 5.91 Å². The number of hydrogen-bond donors (Lipinski definition) is 1. The standard InChI is InChI=1S/C14H23N3OS/c1-3-4-8-17(9-12-6-5-7-15-12)14(18)13-11(2)16-10-19-13/h10,12,15H,3-9H2,1-2H3. The molecule has 4 nitrogen and oxygen atoms in total. The molecule has 5 heteroatoms. The average molecular weight is 281 g/mol. The summed E-state index contributed by atoms with van der Waals surface area (Å²) in [5.41, 5.74) is 2.62. The minimum atomic E-state index is 0.155. The number of carbonyl (C=O) groups is 1. The number of thiazole rings is 1. The summed E-state index contributed by atoms with van der Waals surface area (Å²) in [7, 11) is 0. The fraction of sp³-hybridized carbons (Fsp3) is 0.714. The summed E-state index contributed by atoms with van der Waals surface area (Å²) in [6.45, 7) is 6.84. The highest BCUT2D eigenvalue weighted by Crippen LogP contribution is 2.17. The highest BCUT2D eigenvalue weighted by atomic mass is 32.1. The van der Waals surface area contributed by atoms with Crippen molar-refractivity contribution in [1.29, 1.82) is 0 Å². The second-order valence-corrected chi connectivity index (χ2v) is 6.02. The van der Waals surface area contributed by atoms with Crippen molar-refractivity contribution >= 4 is 17.2 Å². The molecule has 0 aromatic carbocycles. The Morgan fingerprint density at radius 2 is 2.47 bits per heavy atom. The van der Waals surface area contributed by atoms with E-state index in [9.17, 15) is 4.79 Å². The first kappa shape index (κ1) is 14.5. The fourth-order valence-electron chi connectivity index (χ4n) is 2.45. The van der Waals surface area contributed by atoms with Crippen LogP contribution < -0.4 is 5.32 Å². The van der Waals surface area contributed by atoms with Gasteiger partial charge in [-0.3, -0.25) is 4.79 Å². The van der Waals surface area contributed by atoms with Gasteiger partial charge in [-0.2, -0.15) is 0 Å². The minimum absolute atomic E-state index is 0.155. The van der Waals surface area contributed by atoms with Gasteiger partial charge in [-0.25, -0.2) is 4.98 Å². The predicted octanol–water partition coefficient (Wildman–Crippen LogP) is 2.45. The number of carbonyl (C=O) groups excluding carboxylic acids is 1. The van der Waals surface area contributed by atoms with Crippen molar-refractivity contribution in [1.82, 2.24) is 15.2 Å². The second-order valence-electron chi connectivity index (χ2n) is 5.16. The zero-order chi connectivity index (χ0) is 13.7. The van der Waals surface area contributed by atoms with Crippen LogP contribution in [0.15, 0.2) is 5.51 Å². The summed E-state index contributed by atoms with van der Waals surface area (Å²) in [5, 5.41) is 3.47. The van der Waals surface area contributed by atoms with Gasteiger partial charge >= 0.3 is 0 Å². The van der Waals surface area contributed by atoms with Crippen molar-refractivity contribution in [2.24, 2.45) is 0 Å². The third-order valence-corrected chi connectivity index (χ3v) is 4.53. The molecule has 1 saturated heterocycles. The molecule has 0 radical (unpaired) electrons. The minimum Gasteiger partial charge on any atom is -0.336 e. The summed E-state index contributed by atoms with van der Waals surface area (Å²) < 4.78 is 0. The number of hydrogen-bond acceptors (Lipinski definition) is 4. The molecule has 19 heavy (non-hydrogen) atoms.